The Hall–Kier alpha value is -1.81. The van der Waals surface area contributed by atoms with E-state index in [1.165, 1.54) is 6.08 Å². The van der Waals surface area contributed by atoms with E-state index in [0.29, 0.717) is 6.61 Å². The van der Waals surface area contributed by atoms with Crippen molar-refractivity contribution in [3.63, 3.8) is 0 Å². The highest BCUT2D eigenvalue weighted by atomic mass is 16.6. The number of rotatable bonds is 5. The van der Waals surface area contributed by atoms with Crippen molar-refractivity contribution in [1.82, 2.24) is 0 Å². The quantitative estimate of drug-likeness (QED) is 0.471. The molecule has 1 aliphatic heterocycles. The Morgan fingerprint density at radius 3 is 2.55 bits per heavy atom. The molecule has 0 N–H and O–H groups in total. The zero-order chi connectivity index (χ0) is 14.6. The average Bonchev–Trinajstić information content (AvgIpc) is 3.17. The summed E-state index contributed by atoms with van der Waals surface area (Å²) in [6.07, 6.45) is 3.41. The first-order valence-electron chi connectivity index (χ1n) is 6.68. The Bertz CT molecular complexity index is 478. The van der Waals surface area contributed by atoms with Crippen molar-refractivity contribution in [3.05, 3.63) is 35.9 Å². The largest absolute Gasteiger partial charge is 0.491 e. The van der Waals surface area contributed by atoms with Crippen molar-refractivity contribution in [3.8, 4) is 5.75 Å². The lowest BCUT2D eigenvalue weighted by Gasteiger charge is -2.17. The first-order chi connectivity index (χ1) is 9.42. The lowest BCUT2D eigenvalue weighted by Crippen LogP contribution is -2.22. The minimum Gasteiger partial charge on any atom is -0.491 e. The van der Waals surface area contributed by atoms with Gasteiger partial charge in [0.15, 0.2) is 0 Å². The molecule has 20 heavy (non-hydrogen) atoms. The predicted octanol–water partition coefficient (Wildman–Crippen LogP) is 2.82. The third-order valence-corrected chi connectivity index (χ3v) is 2.54. The van der Waals surface area contributed by atoms with Crippen LogP contribution in [-0.2, 0) is 14.3 Å². The standard InChI is InChI=1S/C16H20O4/c1-16(2,3)20-15(17)9-6-12-4-7-13(8-5-12)18-10-14-11-19-14/h4-9,14H,10-11H2,1-3H3/b9-6+. The monoisotopic (exact) mass is 276 g/mol. The molecule has 0 aliphatic carbocycles. The minimum absolute atomic E-state index is 0.252. The van der Waals surface area contributed by atoms with Crippen LogP contribution in [0, 0.1) is 0 Å². The number of epoxide rings is 1. The summed E-state index contributed by atoms with van der Waals surface area (Å²) < 4.78 is 15.8. The third-order valence-electron chi connectivity index (χ3n) is 2.54. The van der Waals surface area contributed by atoms with Gasteiger partial charge in [0.2, 0.25) is 0 Å². The Morgan fingerprint density at radius 2 is 2.00 bits per heavy atom. The number of benzene rings is 1. The van der Waals surface area contributed by atoms with Crippen LogP contribution in [0.1, 0.15) is 26.3 Å². The third kappa shape index (κ3) is 5.45. The topological polar surface area (TPSA) is 48.1 Å². The van der Waals surface area contributed by atoms with Crippen LogP contribution in [0.2, 0.25) is 0 Å². The summed E-state index contributed by atoms with van der Waals surface area (Å²) in [5.74, 6) is 0.457. The lowest BCUT2D eigenvalue weighted by molar-refractivity contribution is -0.148. The molecule has 1 aromatic carbocycles. The molecular formula is C16H20O4. The molecule has 4 heteroatoms. The van der Waals surface area contributed by atoms with E-state index >= 15 is 0 Å². The molecule has 0 saturated carbocycles. The molecule has 2 rings (SSSR count). The molecule has 1 unspecified atom stereocenters. The molecule has 1 atom stereocenters. The zero-order valence-electron chi connectivity index (χ0n) is 12.1. The van der Waals surface area contributed by atoms with Crippen LogP contribution >= 0.6 is 0 Å². The summed E-state index contributed by atoms with van der Waals surface area (Å²) in [6.45, 7) is 6.90. The Morgan fingerprint density at radius 1 is 1.35 bits per heavy atom. The van der Waals surface area contributed by atoms with E-state index in [4.69, 9.17) is 14.2 Å². The SMILES string of the molecule is CC(C)(C)OC(=O)/C=C/c1ccc(OCC2CO2)cc1. The van der Waals surface area contributed by atoms with Crippen molar-refractivity contribution in [1.29, 1.82) is 0 Å². The molecule has 0 amide bonds. The van der Waals surface area contributed by atoms with Crippen LogP contribution in [-0.4, -0.2) is 30.9 Å². The maximum Gasteiger partial charge on any atom is 0.331 e. The average molecular weight is 276 g/mol. The molecule has 108 valence electrons. The van der Waals surface area contributed by atoms with Crippen LogP contribution in [0.4, 0.5) is 0 Å². The number of hydrogen-bond donors (Lipinski definition) is 0. The summed E-state index contributed by atoms with van der Waals surface area (Å²) in [5, 5.41) is 0. The summed E-state index contributed by atoms with van der Waals surface area (Å²) in [7, 11) is 0. The van der Waals surface area contributed by atoms with Gasteiger partial charge in [-0.15, -0.1) is 0 Å². The molecule has 1 saturated heterocycles. The smallest absolute Gasteiger partial charge is 0.331 e. The van der Waals surface area contributed by atoms with Gasteiger partial charge in [-0.2, -0.15) is 0 Å². The number of hydrogen-bond acceptors (Lipinski definition) is 4. The molecular weight excluding hydrogens is 256 g/mol. The summed E-state index contributed by atoms with van der Waals surface area (Å²) in [5.41, 5.74) is 0.454. The molecule has 1 fully saturated rings. The molecule has 4 nitrogen and oxygen atoms in total. The van der Waals surface area contributed by atoms with Crippen molar-refractivity contribution in [2.24, 2.45) is 0 Å². The second kappa shape index (κ2) is 6.09. The highest BCUT2D eigenvalue weighted by molar-refractivity contribution is 5.87. The molecule has 0 aromatic heterocycles. The molecule has 0 spiro atoms. The second-order valence-electron chi connectivity index (χ2n) is 5.70. The summed E-state index contributed by atoms with van der Waals surface area (Å²) in [4.78, 5) is 11.5. The normalized spacial score (nSPS) is 18.1. The molecule has 1 heterocycles. The van der Waals surface area contributed by atoms with Gasteiger partial charge in [-0.25, -0.2) is 4.79 Å². The van der Waals surface area contributed by atoms with Crippen molar-refractivity contribution >= 4 is 12.0 Å². The summed E-state index contributed by atoms with van der Waals surface area (Å²) >= 11 is 0. The highest BCUT2D eigenvalue weighted by Gasteiger charge is 2.22. The van der Waals surface area contributed by atoms with Gasteiger partial charge in [-0.3, -0.25) is 0 Å². The van der Waals surface area contributed by atoms with Gasteiger partial charge in [-0.05, 0) is 44.5 Å². The number of carbonyl (C=O) groups is 1. The van der Waals surface area contributed by atoms with E-state index in [2.05, 4.69) is 0 Å². The number of carbonyl (C=O) groups excluding carboxylic acids is 1. The predicted molar refractivity (Wildman–Crippen MR) is 76.6 cm³/mol. The van der Waals surface area contributed by atoms with Crippen LogP contribution in [0.25, 0.3) is 6.08 Å². The van der Waals surface area contributed by atoms with E-state index < -0.39 is 5.60 Å². The first-order valence-corrected chi connectivity index (χ1v) is 6.68. The Kier molecular flexibility index (Phi) is 4.45. The van der Waals surface area contributed by atoms with Gasteiger partial charge in [0.25, 0.3) is 0 Å². The molecule has 1 aromatic rings. The zero-order valence-corrected chi connectivity index (χ0v) is 12.1. The van der Waals surface area contributed by atoms with Gasteiger partial charge >= 0.3 is 5.97 Å². The second-order valence-corrected chi connectivity index (χ2v) is 5.70. The van der Waals surface area contributed by atoms with E-state index in [0.717, 1.165) is 17.9 Å². The summed E-state index contributed by atoms with van der Waals surface area (Å²) in [6, 6.07) is 7.53. The van der Waals surface area contributed by atoms with Gasteiger partial charge in [-0.1, -0.05) is 12.1 Å². The molecule has 0 radical (unpaired) electrons. The first kappa shape index (κ1) is 14.6. The lowest BCUT2D eigenvalue weighted by atomic mass is 10.2. The fourth-order valence-electron chi connectivity index (χ4n) is 1.53. The van der Waals surface area contributed by atoms with Gasteiger partial charge in [0.05, 0.1) is 6.61 Å². The van der Waals surface area contributed by atoms with Gasteiger partial charge in [0.1, 0.15) is 24.1 Å². The van der Waals surface area contributed by atoms with Crippen LogP contribution in [0.5, 0.6) is 5.75 Å². The van der Waals surface area contributed by atoms with Crippen LogP contribution < -0.4 is 4.74 Å². The van der Waals surface area contributed by atoms with Crippen molar-refractivity contribution < 1.29 is 19.0 Å². The van der Waals surface area contributed by atoms with Gasteiger partial charge < -0.3 is 14.2 Å². The number of ether oxygens (including phenoxy) is 3. The Balaban J connectivity index is 1.84. The van der Waals surface area contributed by atoms with Crippen LogP contribution in [0.3, 0.4) is 0 Å². The van der Waals surface area contributed by atoms with E-state index in [1.54, 1.807) is 6.08 Å². The maximum atomic E-state index is 11.5. The van der Waals surface area contributed by atoms with Crippen LogP contribution in [0.15, 0.2) is 30.3 Å². The van der Waals surface area contributed by atoms with E-state index in [-0.39, 0.29) is 12.1 Å². The fourth-order valence-corrected chi connectivity index (χ4v) is 1.53. The van der Waals surface area contributed by atoms with Crippen molar-refractivity contribution in [2.45, 2.75) is 32.5 Å². The van der Waals surface area contributed by atoms with E-state index in [9.17, 15) is 4.79 Å². The fraction of sp³-hybridized carbons (Fsp3) is 0.438. The highest BCUT2D eigenvalue weighted by Crippen LogP contribution is 2.16. The van der Waals surface area contributed by atoms with Gasteiger partial charge in [0, 0.05) is 6.08 Å². The number of esters is 1. The molecule has 0 bridgehead atoms. The molecule has 1 aliphatic rings. The minimum atomic E-state index is -0.468. The van der Waals surface area contributed by atoms with Crippen molar-refractivity contribution in [2.75, 3.05) is 13.2 Å². The Labute approximate surface area is 119 Å². The maximum absolute atomic E-state index is 11.5. The van der Waals surface area contributed by atoms with E-state index in [1.807, 2.05) is 45.0 Å².